The molecule has 0 saturated heterocycles. The molecular formula is C13H10Cl2N2O2S. The van der Waals surface area contributed by atoms with Crippen LogP contribution in [0.15, 0.2) is 40.4 Å². The van der Waals surface area contributed by atoms with Crippen LogP contribution < -0.4 is 5.56 Å². The summed E-state index contributed by atoms with van der Waals surface area (Å²) in [5.74, 6) is -0.150. The molecule has 1 aromatic heterocycles. The van der Waals surface area contributed by atoms with E-state index in [2.05, 4.69) is 9.97 Å². The van der Waals surface area contributed by atoms with E-state index in [1.165, 1.54) is 30.1 Å². The highest BCUT2D eigenvalue weighted by Gasteiger charge is 2.20. The summed E-state index contributed by atoms with van der Waals surface area (Å²) in [6, 6.07) is 6.04. The zero-order chi connectivity index (χ0) is 14.7. The monoisotopic (exact) mass is 328 g/mol. The third-order valence-electron chi connectivity index (χ3n) is 2.50. The Kier molecular flexibility index (Phi) is 4.86. The number of aromatic nitrogens is 2. The first-order valence-electron chi connectivity index (χ1n) is 5.68. The SMILES string of the molecule is CC(Sc1nccc(=O)[nH]1)C(=O)c1ccc(Cl)cc1Cl. The van der Waals surface area contributed by atoms with Gasteiger partial charge < -0.3 is 4.98 Å². The first kappa shape index (κ1) is 15.1. The second-order valence-corrected chi connectivity index (χ2v) is 6.16. The first-order chi connectivity index (χ1) is 9.47. The Morgan fingerprint density at radius 3 is 2.75 bits per heavy atom. The Morgan fingerprint density at radius 2 is 2.10 bits per heavy atom. The predicted molar refractivity (Wildman–Crippen MR) is 81.0 cm³/mol. The molecule has 1 heterocycles. The van der Waals surface area contributed by atoms with E-state index >= 15 is 0 Å². The van der Waals surface area contributed by atoms with Crippen LogP contribution in [0.2, 0.25) is 10.0 Å². The lowest BCUT2D eigenvalue weighted by Gasteiger charge is -2.10. The van der Waals surface area contributed by atoms with Gasteiger partial charge in [0.15, 0.2) is 10.9 Å². The van der Waals surface area contributed by atoms with Gasteiger partial charge in [-0.2, -0.15) is 0 Å². The summed E-state index contributed by atoms with van der Waals surface area (Å²) >= 11 is 13.0. The summed E-state index contributed by atoms with van der Waals surface area (Å²) in [5, 5.41) is 0.744. The maximum absolute atomic E-state index is 12.3. The third kappa shape index (κ3) is 3.62. The number of rotatable bonds is 4. The van der Waals surface area contributed by atoms with Crippen molar-refractivity contribution in [3.63, 3.8) is 0 Å². The molecule has 0 aliphatic heterocycles. The fourth-order valence-electron chi connectivity index (χ4n) is 1.54. The Balaban J connectivity index is 2.18. The maximum Gasteiger partial charge on any atom is 0.251 e. The van der Waals surface area contributed by atoms with Gasteiger partial charge in [-0.1, -0.05) is 35.0 Å². The topological polar surface area (TPSA) is 62.8 Å². The molecule has 4 nitrogen and oxygen atoms in total. The fraction of sp³-hybridized carbons (Fsp3) is 0.154. The van der Waals surface area contributed by atoms with E-state index in [-0.39, 0.29) is 11.3 Å². The highest BCUT2D eigenvalue weighted by Crippen LogP contribution is 2.27. The zero-order valence-electron chi connectivity index (χ0n) is 10.4. The van der Waals surface area contributed by atoms with Gasteiger partial charge in [-0.3, -0.25) is 9.59 Å². The standard InChI is InChI=1S/C13H10Cl2N2O2S/c1-7(20-13-16-5-4-11(18)17-13)12(19)9-3-2-8(14)6-10(9)15/h2-7H,1H3,(H,16,17,18). The van der Waals surface area contributed by atoms with Gasteiger partial charge in [0.05, 0.1) is 10.3 Å². The number of nitrogens with one attached hydrogen (secondary N) is 1. The number of aromatic amines is 1. The van der Waals surface area contributed by atoms with Crippen molar-refractivity contribution in [3.05, 3.63) is 56.4 Å². The van der Waals surface area contributed by atoms with Crippen LogP contribution in [0.1, 0.15) is 17.3 Å². The number of H-pyrrole nitrogens is 1. The fourth-order valence-corrected chi connectivity index (χ4v) is 2.89. The Morgan fingerprint density at radius 1 is 1.35 bits per heavy atom. The second kappa shape index (κ2) is 6.43. The zero-order valence-corrected chi connectivity index (χ0v) is 12.7. The van der Waals surface area contributed by atoms with Crippen molar-refractivity contribution in [2.24, 2.45) is 0 Å². The minimum absolute atomic E-state index is 0.150. The molecule has 0 spiro atoms. The summed E-state index contributed by atoms with van der Waals surface area (Å²) in [4.78, 5) is 30.0. The molecule has 1 N–H and O–H groups in total. The van der Waals surface area contributed by atoms with E-state index in [4.69, 9.17) is 23.2 Å². The van der Waals surface area contributed by atoms with E-state index < -0.39 is 5.25 Å². The number of hydrogen-bond donors (Lipinski definition) is 1. The van der Waals surface area contributed by atoms with Gasteiger partial charge in [0, 0.05) is 22.8 Å². The van der Waals surface area contributed by atoms with Gasteiger partial charge in [0.2, 0.25) is 0 Å². The van der Waals surface area contributed by atoms with Crippen LogP contribution in [0.3, 0.4) is 0 Å². The molecule has 0 amide bonds. The summed E-state index contributed by atoms with van der Waals surface area (Å²) in [6.07, 6.45) is 1.40. The molecule has 2 rings (SSSR count). The number of Topliss-reactive ketones (excluding diaryl/α,β-unsaturated/α-hetero) is 1. The van der Waals surface area contributed by atoms with Crippen LogP contribution in [-0.4, -0.2) is 21.0 Å². The molecule has 0 radical (unpaired) electrons. The number of nitrogens with zero attached hydrogens (tertiary/aromatic N) is 1. The third-order valence-corrected chi connectivity index (χ3v) is 4.05. The Bertz CT molecular complexity index is 703. The van der Waals surface area contributed by atoms with Crippen LogP contribution in [0.25, 0.3) is 0 Å². The summed E-state index contributed by atoms with van der Waals surface area (Å²) < 4.78 is 0. The molecule has 20 heavy (non-hydrogen) atoms. The van der Waals surface area contributed by atoms with Gasteiger partial charge in [0.25, 0.3) is 5.56 Å². The van der Waals surface area contributed by atoms with E-state index in [0.717, 1.165) is 0 Å². The molecule has 0 aliphatic carbocycles. The van der Waals surface area contributed by atoms with Gasteiger partial charge in [-0.15, -0.1) is 0 Å². The van der Waals surface area contributed by atoms with Crippen molar-refractivity contribution in [3.8, 4) is 0 Å². The number of thioether (sulfide) groups is 1. The number of carbonyl (C=O) groups excluding carboxylic acids is 1. The van der Waals surface area contributed by atoms with Crippen molar-refractivity contribution in [2.75, 3.05) is 0 Å². The van der Waals surface area contributed by atoms with Gasteiger partial charge in [-0.25, -0.2) is 4.98 Å². The average Bonchev–Trinajstić information content (AvgIpc) is 2.38. The average molecular weight is 329 g/mol. The first-order valence-corrected chi connectivity index (χ1v) is 7.32. The number of ketones is 1. The highest BCUT2D eigenvalue weighted by molar-refractivity contribution is 8.00. The molecule has 1 unspecified atom stereocenters. The van der Waals surface area contributed by atoms with Gasteiger partial charge in [0.1, 0.15) is 0 Å². The maximum atomic E-state index is 12.3. The molecule has 0 aliphatic rings. The second-order valence-electron chi connectivity index (χ2n) is 3.99. The van der Waals surface area contributed by atoms with Crippen LogP contribution in [0.4, 0.5) is 0 Å². The van der Waals surface area contributed by atoms with Crippen molar-refractivity contribution >= 4 is 40.7 Å². The number of carbonyl (C=O) groups is 1. The largest absolute Gasteiger partial charge is 0.301 e. The van der Waals surface area contributed by atoms with Crippen LogP contribution >= 0.6 is 35.0 Å². The summed E-state index contributed by atoms with van der Waals surface area (Å²) in [5.41, 5.74) is 0.140. The van der Waals surface area contributed by atoms with Crippen molar-refractivity contribution in [1.29, 1.82) is 0 Å². The Labute approximate surface area is 129 Å². The molecule has 0 bridgehead atoms. The van der Waals surface area contributed by atoms with Crippen LogP contribution in [-0.2, 0) is 0 Å². The van der Waals surface area contributed by atoms with Crippen molar-refractivity contribution in [2.45, 2.75) is 17.3 Å². The van der Waals surface area contributed by atoms with E-state index in [1.807, 2.05) is 0 Å². The van der Waals surface area contributed by atoms with E-state index in [1.54, 1.807) is 19.1 Å². The molecule has 7 heteroatoms. The molecule has 1 aromatic carbocycles. The quantitative estimate of drug-likeness (QED) is 0.530. The summed E-state index contributed by atoms with van der Waals surface area (Å²) in [6.45, 7) is 1.73. The number of hydrogen-bond acceptors (Lipinski definition) is 4. The molecule has 2 aromatic rings. The highest BCUT2D eigenvalue weighted by atomic mass is 35.5. The lowest BCUT2D eigenvalue weighted by atomic mass is 10.1. The van der Waals surface area contributed by atoms with E-state index in [0.29, 0.717) is 20.8 Å². The van der Waals surface area contributed by atoms with Crippen molar-refractivity contribution < 1.29 is 4.79 Å². The van der Waals surface area contributed by atoms with Crippen molar-refractivity contribution in [1.82, 2.24) is 9.97 Å². The number of halogens is 2. The number of benzene rings is 1. The molecule has 1 atom stereocenters. The smallest absolute Gasteiger partial charge is 0.251 e. The normalized spacial score (nSPS) is 12.2. The van der Waals surface area contributed by atoms with Gasteiger partial charge in [-0.05, 0) is 25.1 Å². The molecule has 104 valence electrons. The van der Waals surface area contributed by atoms with E-state index in [9.17, 15) is 9.59 Å². The molecular weight excluding hydrogens is 319 g/mol. The van der Waals surface area contributed by atoms with Crippen LogP contribution in [0, 0.1) is 0 Å². The lowest BCUT2D eigenvalue weighted by molar-refractivity contribution is 0.0994. The minimum atomic E-state index is -0.431. The molecule has 0 fully saturated rings. The molecule has 0 saturated carbocycles. The predicted octanol–water partition coefficient (Wildman–Crippen LogP) is 3.44. The Hall–Kier alpha value is -1.30. The van der Waals surface area contributed by atoms with Crippen LogP contribution in [0.5, 0.6) is 0 Å². The van der Waals surface area contributed by atoms with Gasteiger partial charge >= 0.3 is 0 Å². The summed E-state index contributed by atoms with van der Waals surface area (Å²) in [7, 11) is 0. The minimum Gasteiger partial charge on any atom is -0.301 e. The lowest BCUT2D eigenvalue weighted by Crippen LogP contribution is -2.16.